The molecule has 0 saturated heterocycles. The molecular weight excluding hydrogens is 334 g/mol. The molecule has 1 amide bonds. The number of hydrogen-bond acceptors (Lipinski definition) is 2. The van der Waals surface area contributed by atoms with Gasteiger partial charge in [-0.25, -0.2) is 0 Å². The molecule has 4 heteroatoms. The maximum atomic E-state index is 11.5. The van der Waals surface area contributed by atoms with Gasteiger partial charge in [0.1, 0.15) is 5.75 Å². The predicted octanol–water partition coefficient (Wildman–Crippen LogP) is 4.80. The first-order chi connectivity index (χ1) is 12.1. The van der Waals surface area contributed by atoms with E-state index in [9.17, 15) is 9.90 Å². The van der Waals surface area contributed by atoms with E-state index in [1.807, 2.05) is 36.4 Å². The Morgan fingerprint density at radius 1 is 1.00 bits per heavy atom. The van der Waals surface area contributed by atoms with Gasteiger partial charge in [0.05, 0.1) is 11.4 Å². The fraction of sp³-hybridized carbons (Fsp3) is 0.0952. The Kier molecular flexibility index (Phi) is 3.94. The molecule has 1 aliphatic heterocycles. The number of phenols is 1. The molecule has 0 spiro atoms. The molecule has 124 valence electrons. The van der Waals surface area contributed by atoms with Crippen LogP contribution in [0.1, 0.15) is 16.7 Å². The highest BCUT2D eigenvalue weighted by molar-refractivity contribution is 6.34. The normalized spacial score (nSPS) is 12.8. The van der Waals surface area contributed by atoms with Gasteiger partial charge in [0.2, 0.25) is 5.91 Å². The number of hydrogen-bond donors (Lipinski definition) is 2. The third-order valence-electron chi connectivity index (χ3n) is 4.40. The first kappa shape index (κ1) is 15.7. The zero-order valence-electron chi connectivity index (χ0n) is 13.4. The summed E-state index contributed by atoms with van der Waals surface area (Å²) in [6, 6.07) is 19.3. The Hall–Kier alpha value is -2.78. The smallest absolute Gasteiger partial charge is 0.228 e. The molecule has 2 N–H and O–H groups in total. The van der Waals surface area contributed by atoms with E-state index in [4.69, 9.17) is 11.6 Å². The SMILES string of the molecule is O=C1Cc2cc(-c3ccc(Cc4cccc(O)c4)cc3)c(Cl)cc2N1. The number of halogens is 1. The van der Waals surface area contributed by atoms with Crippen LogP contribution in [-0.4, -0.2) is 11.0 Å². The summed E-state index contributed by atoms with van der Waals surface area (Å²) in [5.41, 5.74) is 5.96. The third-order valence-corrected chi connectivity index (χ3v) is 4.71. The monoisotopic (exact) mass is 349 g/mol. The summed E-state index contributed by atoms with van der Waals surface area (Å²) in [5, 5.41) is 13.0. The van der Waals surface area contributed by atoms with Crippen LogP contribution in [0.3, 0.4) is 0 Å². The van der Waals surface area contributed by atoms with E-state index in [-0.39, 0.29) is 11.7 Å². The minimum atomic E-state index is 0.00433. The Balaban J connectivity index is 1.60. The van der Waals surface area contributed by atoms with Crippen molar-refractivity contribution < 1.29 is 9.90 Å². The van der Waals surface area contributed by atoms with Crippen LogP contribution in [0.5, 0.6) is 5.75 Å². The zero-order valence-corrected chi connectivity index (χ0v) is 14.2. The molecule has 0 bridgehead atoms. The second-order valence-electron chi connectivity index (χ2n) is 6.26. The number of anilines is 1. The fourth-order valence-corrected chi connectivity index (χ4v) is 3.45. The highest BCUT2D eigenvalue weighted by Gasteiger charge is 2.20. The minimum Gasteiger partial charge on any atom is -0.508 e. The van der Waals surface area contributed by atoms with E-state index in [2.05, 4.69) is 17.4 Å². The van der Waals surface area contributed by atoms with Crippen molar-refractivity contribution in [3.05, 3.63) is 82.4 Å². The second kappa shape index (κ2) is 6.26. The predicted molar refractivity (Wildman–Crippen MR) is 100 cm³/mol. The van der Waals surface area contributed by atoms with Crippen LogP contribution in [-0.2, 0) is 17.6 Å². The van der Waals surface area contributed by atoms with E-state index in [1.54, 1.807) is 12.1 Å². The number of nitrogens with one attached hydrogen (secondary N) is 1. The molecule has 0 aromatic heterocycles. The van der Waals surface area contributed by atoms with E-state index in [0.717, 1.165) is 39.9 Å². The van der Waals surface area contributed by atoms with Crippen molar-refractivity contribution in [3.63, 3.8) is 0 Å². The first-order valence-corrected chi connectivity index (χ1v) is 8.46. The van der Waals surface area contributed by atoms with Crippen LogP contribution in [0, 0.1) is 0 Å². The average molecular weight is 350 g/mol. The molecule has 0 radical (unpaired) electrons. The van der Waals surface area contributed by atoms with Crippen LogP contribution >= 0.6 is 11.6 Å². The number of carbonyl (C=O) groups is 1. The molecule has 3 aromatic rings. The van der Waals surface area contributed by atoms with Crippen LogP contribution in [0.4, 0.5) is 5.69 Å². The molecule has 1 heterocycles. The zero-order chi connectivity index (χ0) is 17.4. The quantitative estimate of drug-likeness (QED) is 0.713. The second-order valence-corrected chi connectivity index (χ2v) is 6.66. The molecule has 0 unspecified atom stereocenters. The van der Waals surface area contributed by atoms with Crippen molar-refractivity contribution in [1.82, 2.24) is 0 Å². The largest absolute Gasteiger partial charge is 0.508 e. The highest BCUT2D eigenvalue weighted by atomic mass is 35.5. The number of aromatic hydroxyl groups is 1. The van der Waals surface area contributed by atoms with Crippen LogP contribution in [0.25, 0.3) is 11.1 Å². The summed E-state index contributed by atoms with van der Waals surface area (Å²) >= 11 is 6.40. The molecule has 1 aliphatic rings. The van der Waals surface area contributed by atoms with Gasteiger partial charge < -0.3 is 10.4 Å². The maximum Gasteiger partial charge on any atom is 0.228 e. The maximum absolute atomic E-state index is 11.5. The van der Waals surface area contributed by atoms with Crippen molar-refractivity contribution >= 4 is 23.2 Å². The van der Waals surface area contributed by atoms with Gasteiger partial charge >= 0.3 is 0 Å². The van der Waals surface area contributed by atoms with Gasteiger partial charge in [-0.2, -0.15) is 0 Å². The van der Waals surface area contributed by atoms with Gasteiger partial charge in [0.25, 0.3) is 0 Å². The summed E-state index contributed by atoms with van der Waals surface area (Å²) < 4.78 is 0. The van der Waals surface area contributed by atoms with Gasteiger partial charge in [-0.1, -0.05) is 48.0 Å². The van der Waals surface area contributed by atoms with Gasteiger partial charge in [-0.15, -0.1) is 0 Å². The van der Waals surface area contributed by atoms with E-state index >= 15 is 0 Å². The number of rotatable bonds is 3. The summed E-state index contributed by atoms with van der Waals surface area (Å²) in [7, 11) is 0. The van der Waals surface area contributed by atoms with Crippen molar-refractivity contribution in [2.45, 2.75) is 12.8 Å². The lowest BCUT2D eigenvalue weighted by Crippen LogP contribution is -2.03. The number of benzene rings is 3. The van der Waals surface area contributed by atoms with Crippen molar-refractivity contribution in [2.75, 3.05) is 5.32 Å². The lowest BCUT2D eigenvalue weighted by atomic mass is 9.98. The van der Waals surface area contributed by atoms with E-state index < -0.39 is 0 Å². The molecule has 0 aliphatic carbocycles. The lowest BCUT2D eigenvalue weighted by molar-refractivity contribution is -0.115. The standard InChI is InChI=1S/C21H16ClNO2/c22-19-12-20-16(11-21(25)23-20)10-18(19)15-6-4-13(5-7-15)8-14-2-1-3-17(24)9-14/h1-7,9-10,12,24H,8,11H2,(H,23,25). The molecule has 4 rings (SSSR count). The van der Waals surface area contributed by atoms with Crippen molar-refractivity contribution in [2.24, 2.45) is 0 Å². The topological polar surface area (TPSA) is 49.3 Å². The van der Waals surface area contributed by atoms with Crippen molar-refractivity contribution in [3.8, 4) is 16.9 Å². The third kappa shape index (κ3) is 3.24. The Morgan fingerprint density at radius 3 is 2.56 bits per heavy atom. The summed E-state index contributed by atoms with van der Waals surface area (Å²) in [5.74, 6) is 0.284. The Morgan fingerprint density at radius 2 is 1.80 bits per heavy atom. The van der Waals surface area contributed by atoms with Gasteiger partial charge in [-0.05, 0) is 52.9 Å². The minimum absolute atomic E-state index is 0.00433. The van der Waals surface area contributed by atoms with E-state index in [0.29, 0.717) is 11.4 Å². The number of amides is 1. The van der Waals surface area contributed by atoms with Gasteiger partial charge in [-0.3, -0.25) is 4.79 Å². The van der Waals surface area contributed by atoms with Crippen LogP contribution in [0.2, 0.25) is 5.02 Å². The van der Waals surface area contributed by atoms with Gasteiger partial charge in [0.15, 0.2) is 0 Å². The van der Waals surface area contributed by atoms with Crippen LogP contribution in [0.15, 0.2) is 60.7 Å². The summed E-state index contributed by atoms with van der Waals surface area (Å²) in [4.78, 5) is 11.5. The molecule has 3 aromatic carbocycles. The molecular formula is C21H16ClNO2. The molecule has 0 saturated carbocycles. The fourth-order valence-electron chi connectivity index (χ4n) is 3.17. The molecule has 0 atom stereocenters. The molecule has 3 nitrogen and oxygen atoms in total. The summed E-state index contributed by atoms with van der Waals surface area (Å²) in [6.45, 7) is 0. The molecule has 0 fully saturated rings. The Bertz CT molecular complexity index is 964. The number of carbonyl (C=O) groups excluding carboxylic acids is 1. The Labute approximate surface area is 150 Å². The lowest BCUT2D eigenvalue weighted by Gasteiger charge is -2.09. The van der Waals surface area contributed by atoms with Gasteiger partial charge in [0, 0.05) is 11.3 Å². The first-order valence-electron chi connectivity index (χ1n) is 8.08. The molecule has 25 heavy (non-hydrogen) atoms. The van der Waals surface area contributed by atoms with Crippen LogP contribution < -0.4 is 5.32 Å². The summed E-state index contributed by atoms with van der Waals surface area (Å²) in [6.07, 6.45) is 1.15. The average Bonchev–Trinajstić information content (AvgIpc) is 2.94. The number of fused-ring (bicyclic) bond motifs is 1. The number of phenolic OH excluding ortho intramolecular Hbond substituents is 1. The van der Waals surface area contributed by atoms with E-state index in [1.165, 1.54) is 0 Å². The van der Waals surface area contributed by atoms with Crippen molar-refractivity contribution in [1.29, 1.82) is 0 Å². The highest BCUT2D eigenvalue weighted by Crippen LogP contribution is 2.35.